The quantitative estimate of drug-likeness (QED) is 0.554. The summed E-state index contributed by atoms with van der Waals surface area (Å²) in [5.74, 6) is 2.36. The van der Waals surface area contributed by atoms with E-state index in [4.69, 9.17) is 16.3 Å². The van der Waals surface area contributed by atoms with E-state index < -0.39 is 0 Å². The first kappa shape index (κ1) is 14.0. The molecule has 0 unspecified atom stereocenters. The molecule has 0 atom stereocenters. The summed E-state index contributed by atoms with van der Waals surface area (Å²) in [6.07, 6.45) is 0.853. The molecule has 4 heteroatoms. The number of ether oxygens (including phenoxy) is 1. The molecule has 0 aliphatic rings. The molecular formula is C17H17ClN2O. The molecule has 3 nitrogen and oxygen atoms in total. The molecule has 1 N–H and O–H groups in total. The number of para-hydroxylation sites is 1. The third kappa shape index (κ3) is 3.03. The van der Waals surface area contributed by atoms with Crippen molar-refractivity contribution in [2.75, 3.05) is 12.5 Å². The molecule has 0 saturated heterocycles. The first-order valence-corrected chi connectivity index (χ1v) is 7.56. The third-order valence-corrected chi connectivity index (χ3v) is 3.66. The van der Waals surface area contributed by atoms with Crippen molar-refractivity contribution in [2.45, 2.75) is 13.3 Å². The molecule has 0 amide bonds. The molecule has 0 aliphatic carbocycles. The summed E-state index contributed by atoms with van der Waals surface area (Å²) in [6, 6.07) is 14.1. The molecule has 0 bridgehead atoms. The van der Waals surface area contributed by atoms with Crippen LogP contribution in [0.1, 0.15) is 12.0 Å². The molecule has 1 heterocycles. The predicted molar refractivity (Wildman–Crippen MR) is 87.1 cm³/mol. The second-order valence-corrected chi connectivity index (χ2v) is 5.35. The molecule has 108 valence electrons. The van der Waals surface area contributed by atoms with Crippen LogP contribution in [0, 0.1) is 6.92 Å². The topological polar surface area (TPSA) is 37.9 Å². The van der Waals surface area contributed by atoms with Crippen LogP contribution >= 0.6 is 11.6 Å². The van der Waals surface area contributed by atoms with E-state index in [1.807, 2.05) is 36.4 Å². The van der Waals surface area contributed by atoms with Crippen molar-refractivity contribution in [2.24, 2.45) is 0 Å². The molecule has 0 radical (unpaired) electrons. The second-order valence-electron chi connectivity index (χ2n) is 4.97. The van der Waals surface area contributed by atoms with E-state index in [2.05, 4.69) is 23.0 Å². The molecule has 2 aromatic carbocycles. The molecule has 0 aliphatic heterocycles. The van der Waals surface area contributed by atoms with Gasteiger partial charge in [-0.1, -0.05) is 12.1 Å². The van der Waals surface area contributed by atoms with E-state index in [0.29, 0.717) is 12.5 Å². The van der Waals surface area contributed by atoms with Crippen LogP contribution in [0.3, 0.4) is 0 Å². The van der Waals surface area contributed by atoms with E-state index >= 15 is 0 Å². The molecule has 1 aromatic heterocycles. The van der Waals surface area contributed by atoms with Gasteiger partial charge in [0.05, 0.1) is 17.6 Å². The van der Waals surface area contributed by atoms with E-state index in [0.717, 1.165) is 34.6 Å². The van der Waals surface area contributed by atoms with Gasteiger partial charge in [0.1, 0.15) is 11.6 Å². The number of rotatable bonds is 5. The van der Waals surface area contributed by atoms with Crippen molar-refractivity contribution >= 4 is 22.6 Å². The number of nitrogens with one attached hydrogen (secondary N) is 1. The summed E-state index contributed by atoms with van der Waals surface area (Å²) in [5.41, 5.74) is 4.31. The molecule has 0 fully saturated rings. The van der Waals surface area contributed by atoms with Crippen LogP contribution in [0.4, 0.5) is 0 Å². The van der Waals surface area contributed by atoms with Crippen molar-refractivity contribution in [3.63, 3.8) is 0 Å². The summed E-state index contributed by atoms with van der Waals surface area (Å²) in [6.45, 7) is 2.72. The maximum absolute atomic E-state index is 5.63. The first-order chi connectivity index (χ1) is 10.3. The van der Waals surface area contributed by atoms with Crippen LogP contribution in [0.25, 0.3) is 22.4 Å². The zero-order valence-corrected chi connectivity index (χ0v) is 12.7. The normalized spacial score (nSPS) is 11.0. The Kier molecular flexibility index (Phi) is 4.11. The Morgan fingerprint density at radius 3 is 2.67 bits per heavy atom. The summed E-state index contributed by atoms with van der Waals surface area (Å²) < 4.78 is 5.60. The van der Waals surface area contributed by atoms with Gasteiger partial charge in [0.25, 0.3) is 0 Å². The third-order valence-electron chi connectivity index (χ3n) is 3.39. The lowest BCUT2D eigenvalue weighted by Crippen LogP contribution is -1.97. The Balaban J connectivity index is 1.83. The fourth-order valence-electron chi connectivity index (χ4n) is 2.27. The zero-order chi connectivity index (χ0) is 14.7. The van der Waals surface area contributed by atoms with Gasteiger partial charge in [-0.25, -0.2) is 4.98 Å². The number of benzene rings is 2. The van der Waals surface area contributed by atoms with Crippen LogP contribution in [-0.2, 0) is 0 Å². The monoisotopic (exact) mass is 300 g/mol. The van der Waals surface area contributed by atoms with E-state index in [9.17, 15) is 0 Å². The fourth-order valence-corrected chi connectivity index (χ4v) is 2.37. The average Bonchev–Trinajstić information content (AvgIpc) is 2.94. The maximum atomic E-state index is 5.63. The predicted octanol–water partition coefficient (Wildman–Crippen LogP) is 4.55. The van der Waals surface area contributed by atoms with Gasteiger partial charge in [-0.15, -0.1) is 11.6 Å². The number of imidazole rings is 1. The highest BCUT2D eigenvalue weighted by Gasteiger charge is 2.07. The minimum atomic E-state index is 0.621. The minimum absolute atomic E-state index is 0.621. The SMILES string of the molecule is Cc1cccc2[nH]c(-c3ccc(OCCCCl)cc3)nc12. The van der Waals surface area contributed by atoms with Gasteiger partial charge < -0.3 is 9.72 Å². The Labute approximate surface area is 128 Å². The lowest BCUT2D eigenvalue weighted by atomic mass is 10.2. The number of aromatic amines is 1. The van der Waals surface area contributed by atoms with Gasteiger partial charge in [0.2, 0.25) is 0 Å². The van der Waals surface area contributed by atoms with Crippen LogP contribution in [0.2, 0.25) is 0 Å². The number of H-pyrrole nitrogens is 1. The van der Waals surface area contributed by atoms with E-state index in [1.165, 1.54) is 5.56 Å². The molecule has 0 spiro atoms. The summed E-state index contributed by atoms with van der Waals surface area (Å²) in [5, 5.41) is 0. The Morgan fingerprint density at radius 1 is 1.14 bits per heavy atom. The average molecular weight is 301 g/mol. The highest BCUT2D eigenvalue weighted by atomic mass is 35.5. The summed E-state index contributed by atoms with van der Waals surface area (Å²) in [4.78, 5) is 8.03. The number of aryl methyl sites for hydroxylation is 1. The summed E-state index contributed by atoms with van der Waals surface area (Å²) >= 11 is 5.63. The summed E-state index contributed by atoms with van der Waals surface area (Å²) in [7, 11) is 0. The Morgan fingerprint density at radius 2 is 1.95 bits per heavy atom. The van der Waals surface area contributed by atoms with E-state index in [-0.39, 0.29) is 0 Å². The van der Waals surface area contributed by atoms with Crippen LogP contribution in [-0.4, -0.2) is 22.5 Å². The Hall–Kier alpha value is -2.00. The van der Waals surface area contributed by atoms with Crippen molar-refractivity contribution in [3.8, 4) is 17.1 Å². The lowest BCUT2D eigenvalue weighted by Gasteiger charge is -2.05. The van der Waals surface area contributed by atoms with Gasteiger partial charge in [-0.2, -0.15) is 0 Å². The van der Waals surface area contributed by atoms with Crippen LogP contribution < -0.4 is 4.74 Å². The van der Waals surface area contributed by atoms with Gasteiger partial charge >= 0.3 is 0 Å². The van der Waals surface area contributed by atoms with Crippen molar-refractivity contribution < 1.29 is 4.74 Å². The molecule has 21 heavy (non-hydrogen) atoms. The lowest BCUT2D eigenvalue weighted by molar-refractivity contribution is 0.318. The highest BCUT2D eigenvalue weighted by Crippen LogP contribution is 2.24. The van der Waals surface area contributed by atoms with Gasteiger partial charge in [-0.3, -0.25) is 0 Å². The van der Waals surface area contributed by atoms with Crippen LogP contribution in [0.15, 0.2) is 42.5 Å². The number of hydrogen-bond acceptors (Lipinski definition) is 2. The number of aromatic nitrogens is 2. The number of fused-ring (bicyclic) bond motifs is 1. The smallest absolute Gasteiger partial charge is 0.138 e. The molecule has 0 saturated carbocycles. The minimum Gasteiger partial charge on any atom is -0.494 e. The number of alkyl halides is 1. The number of halogens is 1. The number of nitrogens with zero attached hydrogens (tertiary/aromatic N) is 1. The zero-order valence-electron chi connectivity index (χ0n) is 11.9. The standard InChI is InChI=1S/C17H17ClN2O/c1-12-4-2-5-15-16(12)20-17(19-15)13-6-8-14(9-7-13)21-11-3-10-18/h2,4-9H,3,10-11H2,1H3,(H,19,20). The largest absolute Gasteiger partial charge is 0.494 e. The molecular weight excluding hydrogens is 284 g/mol. The Bertz CT molecular complexity index is 734. The molecule has 3 aromatic rings. The van der Waals surface area contributed by atoms with Crippen molar-refractivity contribution in [3.05, 3.63) is 48.0 Å². The maximum Gasteiger partial charge on any atom is 0.138 e. The van der Waals surface area contributed by atoms with Gasteiger partial charge in [0, 0.05) is 11.4 Å². The fraction of sp³-hybridized carbons (Fsp3) is 0.235. The number of hydrogen-bond donors (Lipinski definition) is 1. The van der Waals surface area contributed by atoms with E-state index in [1.54, 1.807) is 0 Å². The van der Waals surface area contributed by atoms with Crippen molar-refractivity contribution in [1.82, 2.24) is 9.97 Å². The van der Waals surface area contributed by atoms with Gasteiger partial charge in [0.15, 0.2) is 0 Å². The van der Waals surface area contributed by atoms with Crippen LogP contribution in [0.5, 0.6) is 5.75 Å². The van der Waals surface area contributed by atoms with Crippen molar-refractivity contribution in [1.29, 1.82) is 0 Å². The highest BCUT2D eigenvalue weighted by molar-refractivity contribution is 6.17. The molecule has 3 rings (SSSR count). The van der Waals surface area contributed by atoms with Gasteiger partial charge in [-0.05, 0) is 49.2 Å². The second kappa shape index (κ2) is 6.19. The first-order valence-electron chi connectivity index (χ1n) is 7.02.